The minimum atomic E-state index is -0.554. The number of nitrogens with zero attached hydrogens (tertiary/aromatic N) is 3. The maximum atomic E-state index is 12.7. The molecule has 0 aliphatic carbocycles. The lowest BCUT2D eigenvalue weighted by Crippen LogP contribution is -2.37. The van der Waals surface area contributed by atoms with Gasteiger partial charge in [-0.2, -0.15) is 0 Å². The van der Waals surface area contributed by atoms with Gasteiger partial charge in [0.1, 0.15) is 15.6 Å². The number of rotatable bonds is 14. The summed E-state index contributed by atoms with van der Waals surface area (Å²) in [5.74, 6) is 2.59. The molecular formula is C46H53N3O8S2. The highest BCUT2D eigenvalue weighted by Gasteiger charge is 2.24. The number of carbonyl (C=O) groups excluding carboxylic acids is 1. The molecule has 1 amide bonds. The number of fused-ring (bicyclic) bond motifs is 2. The molecule has 0 spiro atoms. The summed E-state index contributed by atoms with van der Waals surface area (Å²) < 4.78 is 39.5. The lowest BCUT2D eigenvalue weighted by Gasteiger charge is -2.27. The van der Waals surface area contributed by atoms with Crippen LogP contribution in [0.25, 0.3) is 44.7 Å². The summed E-state index contributed by atoms with van der Waals surface area (Å²) in [6, 6.07) is 19.8. The third-order valence-electron chi connectivity index (χ3n) is 8.84. The Kier molecular flexibility index (Phi) is 15.5. The van der Waals surface area contributed by atoms with Crippen LogP contribution in [-0.4, -0.2) is 70.2 Å². The van der Waals surface area contributed by atoms with E-state index in [0.29, 0.717) is 29.5 Å². The number of amides is 1. The fraction of sp³-hybridized carbons (Fsp3) is 0.326. The third-order valence-corrected chi connectivity index (χ3v) is 10.8. The summed E-state index contributed by atoms with van der Waals surface area (Å²) in [5, 5.41) is 1.85. The molecule has 0 aliphatic rings. The smallest absolute Gasteiger partial charge is 0.414 e. The van der Waals surface area contributed by atoms with Gasteiger partial charge >= 0.3 is 6.09 Å². The maximum absolute atomic E-state index is 12.7. The first-order valence-corrected chi connectivity index (χ1v) is 20.6. The number of thiazole rings is 2. The molecule has 2 aromatic heterocycles. The zero-order chi connectivity index (χ0) is 42.7. The van der Waals surface area contributed by atoms with Crippen molar-refractivity contribution in [1.29, 1.82) is 0 Å². The molecule has 0 saturated heterocycles. The van der Waals surface area contributed by atoms with Crippen LogP contribution in [0, 0.1) is 20.8 Å². The van der Waals surface area contributed by atoms with Crippen LogP contribution in [0.5, 0.6) is 23.0 Å². The second kappa shape index (κ2) is 20.5. The Labute approximate surface area is 354 Å². The fourth-order valence-electron chi connectivity index (χ4n) is 5.83. The van der Waals surface area contributed by atoms with E-state index in [1.807, 2.05) is 107 Å². The van der Waals surface area contributed by atoms with Crippen molar-refractivity contribution < 1.29 is 38.0 Å². The first-order valence-electron chi connectivity index (χ1n) is 19.0. The molecule has 0 saturated carbocycles. The number of benzene rings is 4. The van der Waals surface area contributed by atoms with Crippen molar-refractivity contribution in [2.45, 2.75) is 54.1 Å². The second-order valence-corrected chi connectivity index (χ2v) is 16.6. The van der Waals surface area contributed by atoms with Gasteiger partial charge in [-0.25, -0.2) is 14.8 Å². The van der Waals surface area contributed by atoms with E-state index in [9.17, 15) is 4.79 Å². The highest BCUT2D eigenvalue weighted by Crippen LogP contribution is 2.34. The van der Waals surface area contributed by atoms with E-state index in [0.717, 1.165) is 48.1 Å². The van der Waals surface area contributed by atoms with Gasteiger partial charge in [-0.15, -0.1) is 22.7 Å². The van der Waals surface area contributed by atoms with Crippen LogP contribution in [0.4, 0.5) is 10.5 Å². The van der Waals surface area contributed by atoms with E-state index >= 15 is 0 Å². The molecule has 0 N–H and O–H groups in total. The number of hydrogen-bond acceptors (Lipinski definition) is 12. The summed E-state index contributed by atoms with van der Waals surface area (Å²) in [6.45, 7) is 14.6. The van der Waals surface area contributed by atoms with Gasteiger partial charge in [-0.1, -0.05) is 24.3 Å². The summed E-state index contributed by atoms with van der Waals surface area (Å²) >= 11 is 3.26. The molecule has 2 heterocycles. The Morgan fingerprint density at radius 2 is 1.12 bits per heavy atom. The predicted molar refractivity (Wildman–Crippen MR) is 242 cm³/mol. The Hall–Kier alpha value is -5.47. The summed E-state index contributed by atoms with van der Waals surface area (Å²) in [6.07, 6.45) is 7.65. The summed E-state index contributed by atoms with van der Waals surface area (Å²) in [4.78, 5) is 23.8. The maximum Gasteiger partial charge on any atom is 0.414 e. The minimum absolute atomic E-state index is 0.155. The molecule has 59 heavy (non-hydrogen) atoms. The zero-order valence-electron chi connectivity index (χ0n) is 35.6. The lowest BCUT2D eigenvalue weighted by atomic mass is 10.1. The number of ether oxygens (including phenoxy) is 7. The zero-order valence-corrected chi connectivity index (χ0v) is 37.3. The van der Waals surface area contributed by atoms with Crippen LogP contribution in [0.2, 0.25) is 0 Å². The standard InChI is InChI=1S/C26H32N2O5S.C20H21NO3S/c1-8-28(25(29)33-26(3,4)5)20-15-23-19(13-17(20)2)27-24(34-23)12-10-18-9-11-21(32-16-30-6)22(14-18)31-7;1-13-9-16-19(10-14(13)2)25-20(21-16)8-6-15-5-7-17(24-12-22-3)18(11-15)23-4/h9-15H,8,16H2,1-7H3;5-11H,12H2,1-4H3/b12-10+;8-6+. The van der Waals surface area contributed by atoms with Gasteiger partial charge in [0.05, 0.1) is 40.3 Å². The van der Waals surface area contributed by atoms with E-state index in [1.54, 1.807) is 56.0 Å². The van der Waals surface area contributed by atoms with Crippen LogP contribution < -0.4 is 23.8 Å². The molecule has 0 atom stereocenters. The average molecular weight is 840 g/mol. The first kappa shape index (κ1) is 44.6. The second-order valence-electron chi connectivity index (χ2n) is 14.4. The molecule has 0 bridgehead atoms. The molecule has 4 aromatic carbocycles. The van der Waals surface area contributed by atoms with Gasteiger partial charge in [0.25, 0.3) is 0 Å². The van der Waals surface area contributed by atoms with E-state index in [2.05, 4.69) is 31.0 Å². The van der Waals surface area contributed by atoms with Crippen LogP contribution in [0.1, 0.15) is 65.5 Å². The van der Waals surface area contributed by atoms with Crippen LogP contribution in [0.15, 0.2) is 60.7 Å². The van der Waals surface area contributed by atoms with Gasteiger partial charge < -0.3 is 33.2 Å². The number of aromatic nitrogens is 2. The number of carbonyl (C=O) groups is 1. The SMILES string of the molecule is CCN(C(=O)OC(C)(C)C)c1cc2sc(/C=C/c3ccc(OCOC)c(OC)c3)nc2cc1C.COCOc1ccc(/C=C/c2nc3cc(C)c(C)cc3s2)cc1OC. The molecule has 312 valence electrons. The third kappa shape index (κ3) is 12.0. The molecule has 0 unspecified atom stereocenters. The Bertz CT molecular complexity index is 2390. The number of anilines is 1. The molecule has 13 heteroatoms. The highest BCUT2D eigenvalue weighted by molar-refractivity contribution is 7.19. The van der Waals surface area contributed by atoms with Crippen molar-refractivity contribution in [3.05, 3.63) is 98.5 Å². The van der Waals surface area contributed by atoms with Gasteiger partial charge in [0.2, 0.25) is 0 Å². The number of aryl methyl sites for hydroxylation is 3. The largest absolute Gasteiger partial charge is 0.493 e. The van der Waals surface area contributed by atoms with Gasteiger partial charge in [0.15, 0.2) is 36.6 Å². The number of hydrogen-bond donors (Lipinski definition) is 0. The van der Waals surface area contributed by atoms with Crippen LogP contribution >= 0.6 is 22.7 Å². The molecular weight excluding hydrogens is 787 g/mol. The van der Waals surface area contributed by atoms with E-state index in [-0.39, 0.29) is 19.7 Å². The van der Waals surface area contributed by atoms with E-state index < -0.39 is 5.60 Å². The summed E-state index contributed by atoms with van der Waals surface area (Å²) in [5.41, 5.74) is 7.74. The van der Waals surface area contributed by atoms with Crippen LogP contribution in [0.3, 0.4) is 0 Å². The van der Waals surface area contributed by atoms with Gasteiger partial charge in [0, 0.05) is 20.8 Å². The lowest BCUT2D eigenvalue weighted by molar-refractivity contribution is 0.0490. The first-order chi connectivity index (χ1) is 28.2. The topological polar surface area (TPSA) is 111 Å². The predicted octanol–water partition coefficient (Wildman–Crippen LogP) is 11.6. The molecule has 0 aliphatic heterocycles. The Balaban J connectivity index is 0.000000235. The van der Waals surface area contributed by atoms with Crippen molar-refractivity contribution in [3.63, 3.8) is 0 Å². The van der Waals surface area contributed by atoms with Gasteiger partial charge in [-0.3, -0.25) is 4.90 Å². The Morgan fingerprint density at radius 3 is 1.58 bits per heavy atom. The molecule has 11 nitrogen and oxygen atoms in total. The van der Waals surface area contributed by atoms with Crippen molar-refractivity contribution >= 4 is 79.2 Å². The number of methoxy groups -OCH3 is 4. The van der Waals surface area contributed by atoms with Gasteiger partial charge in [-0.05, 0) is 137 Å². The van der Waals surface area contributed by atoms with Crippen LogP contribution in [-0.2, 0) is 14.2 Å². The van der Waals surface area contributed by atoms with Crippen molar-refractivity contribution in [2.75, 3.05) is 53.5 Å². The Morgan fingerprint density at radius 1 is 0.644 bits per heavy atom. The van der Waals surface area contributed by atoms with E-state index in [1.165, 1.54) is 15.8 Å². The van der Waals surface area contributed by atoms with Crippen molar-refractivity contribution in [1.82, 2.24) is 9.97 Å². The molecule has 6 aromatic rings. The molecule has 0 fully saturated rings. The summed E-state index contributed by atoms with van der Waals surface area (Å²) in [7, 11) is 6.39. The molecule has 0 radical (unpaired) electrons. The minimum Gasteiger partial charge on any atom is -0.493 e. The normalized spacial score (nSPS) is 11.6. The fourth-order valence-corrected chi connectivity index (χ4v) is 7.66. The van der Waals surface area contributed by atoms with Crippen molar-refractivity contribution in [2.24, 2.45) is 0 Å². The van der Waals surface area contributed by atoms with E-state index in [4.69, 9.17) is 38.1 Å². The molecule has 6 rings (SSSR count). The van der Waals surface area contributed by atoms with Crippen molar-refractivity contribution in [3.8, 4) is 23.0 Å². The highest BCUT2D eigenvalue weighted by atomic mass is 32.1. The quantitative estimate of drug-likeness (QED) is 0.0983. The average Bonchev–Trinajstić information content (AvgIpc) is 3.80. The monoisotopic (exact) mass is 839 g/mol.